The van der Waals surface area contributed by atoms with Gasteiger partial charge in [0.1, 0.15) is 0 Å². The molecule has 0 spiro atoms. The van der Waals surface area contributed by atoms with Crippen LogP contribution in [0.2, 0.25) is 0 Å². The van der Waals surface area contributed by atoms with Crippen molar-refractivity contribution in [2.45, 2.75) is 6.92 Å². The molecular weight excluding hydrogens is 414 g/mol. The Hall–Kier alpha value is -4.47. The summed E-state index contributed by atoms with van der Waals surface area (Å²) in [7, 11) is 1.48. The Kier molecular flexibility index (Phi) is 7.31. The van der Waals surface area contributed by atoms with E-state index in [-0.39, 0.29) is 24.0 Å². The normalized spacial score (nSPS) is 10.6. The van der Waals surface area contributed by atoms with Gasteiger partial charge >= 0.3 is 5.69 Å². The number of nitro groups is 1. The molecule has 0 aliphatic carbocycles. The van der Waals surface area contributed by atoms with E-state index in [1.54, 1.807) is 18.2 Å². The maximum absolute atomic E-state index is 12.1. The summed E-state index contributed by atoms with van der Waals surface area (Å²) in [6.07, 6.45) is 2.88. The zero-order chi connectivity index (χ0) is 22.9. The number of methoxy groups -OCH3 is 1. The number of carbonyl (C=O) groups excluding carboxylic acids is 1. The van der Waals surface area contributed by atoms with Crippen LogP contribution in [0.4, 0.5) is 17.2 Å². The van der Waals surface area contributed by atoms with Crippen LogP contribution < -0.4 is 20.2 Å². The quantitative estimate of drug-likeness (QED) is 0.297. The number of rotatable bonds is 9. The van der Waals surface area contributed by atoms with Crippen LogP contribution in [0, 0.1) is 17.0 Å². The predicted octanol–water partition coefficient (Wildman–Crippen LogP) is 3.77. The summed E-state index contributed by atoms with van der Waals surface area (Å²) in [4.78, 5) is 26.5. The molecule has 3 rings (SSSR count). The van der Waals surface area contributed by atoms with Crippen molar-refractivity contribution >= 4 is 29.3 Å². The summed E-state index contributed by atoms with van der Waals surface area (Å²) in [5, 5.41) is 17.8. The van der Waals surface area contributed by atoms with Crippen LogP contribution in [0.25, 0.3) is 0 Å². The number of ether oxygens (including phenoxy) is 2. The minimum Gasteiger partial charge on any atom is -0.493 e. The topological polar surface area (TPSA) is 128 Å². The molecule has 0 bridgehead atoms. The first kappa shape index (κ1) is 22.2. The molecule has 2 aromatic carbocycles. The summed E-state index contributed by atoms with van der Waals surface area (Å²) >= 11 is 0. The second kappa shape index (κ2) is 10.5. The van der Waals surface area contributed by atoms with Gasteiger partial charge in [-0.3, -0.25) is 20.3 Å². The number of nitrogens with one attached hydrogen (secondary N) is 2. The zero-order valence-electron chi connectivity index (χ0n) is 17.4. The van der Waals surface area contributed by atoms with Crippen LogP contribution in [0.3, 0.4) is 0 Å². The fourth-order valence-corrected chi connectivity index (χ4v) is 2.66. The van der Waals surface area contributed by atoms with Crippen LogP contribution in [0.1, 0.15) is 11.1 Å². The van der Waals surface area contributed by atoms with Gasteiger partial charge in [0, 0.05) is 18.0 Å². The lowest BCUT2D eigenvalue weighted by Gasteiger charge is -2.11. The lowest BCUT2D eigenvalue weighted by atomic mass is 10.2. The summed E-state index contributed by atoms with van der Waals surface area (Å²) in [6.45, 7) is 1.77. The van der Waals surface area contributed by atoms with Gasteiger partial charge < -0.3 is 14.8 Å². The number of benzene rings is 2. The van der Waals surface area contributed by atoms with Crippen LogP contribution >= 0.6 is 0 Å². The van der Waals surface area contributed by atoms with Crippen molar-refractivity contribution in [2.75, 3.05) is 24.5 Å². The minimum atomic E-state index is -0.547. The first-order valence-electron chi connectivity index (χ1n) is 9.52. The monoisotopic (exact) mass is 435 g/mol. The SMILES string of the molecule is COc1cc(/C=N\Nc2ncccc2[N+](=O)[O-])ccc1OCC(=O)Nc1ccc(C)cc1. The van der Waals surface area contributed by atoms with E-state index in [0.29, 0.717) is 22.7 Å². The maximum Gasteiger partial charge on any atom is 0.313 e. The van der Waals surface area contributed by atoms with Gasteiger partial charge in [0.05, 0.1) is 18.2 Å². The summed E-state index contributed by atoms with van der Waals surface area (Å²) in [5.41, 5.74) is 4.79. The Labute approximate surface area is 184 Å². The third-order valence-electron chi connectivity index (χ3n) is 4.25. The van der Waals surface area contributed by atoms with Crippen molar-refractivity contribution in [1.29, 1.82) is 0 Å². The van der Waals surface area contributed by atoms with Crippen molar-refractivity contribution in [3.63, 3.8) is 0 Å². The molecule has 10 nitrogen and oxygen atoms in total. The summed E-state index contributed by atoms with van der Waals surface area (Å²) in [5.74, 6) is 0.515. The third kappa shape index (κ3) is 6.02. The average Bonchev–Trinajstić information content (AvgIpc) is 2.79. The van der Waals surface area contributed by atoms with Crippen LogP contribution in [0.15, 0.2) is 65.9 Å². The van der Waals surface area contributed by atoms with E-state index in [4.69, 9.17) is 9.47 Å². The third-order valence-corrected chi connectivity index (χ3v) is 4.25. The number of hydrogen-bond donors (Lipinski definition) is 2. The van der Waals surface area contributed by atoms with Gasteiger partial charge in [-0.1, -0.05) is 17.7 Å². The van der Waals surface area contributed by atoms with Crippen LogP contribution in [-0.2, 0) is 4.79 Å². The van der Waals surface area contributed by atoms with Gasteiger partial charge in [0.2, 0.25) is 5.82 Å². The van der Waals surface area contributed by atoms with Gasteiger partial charge in [0.25, 0.3) is 5.91 Å². The molecule has 0 radical (unpaired) electrons. The minimum absolute atomic E-state index is 0.0280. The number of aromatic nitrogens is 1. The number of hydrogen-bond acceptors (Lipinski definition) is 8. The number of hydrazone groups is 1. The number of carbonyl (C=O) groups is 1. The molecular formula is C22H21N5O5. The molecule has 0 fully saturated rings. The largest absolute Gasteiger partial charge is 0.493 e. The Morgan fingerprint density at radius 3 is 2.69 bits per heavy atom. The van der Waals surface area contributed by atoms with Gasteiger partial charge in [-0.15, -0.1) is 0 Å². The van der Waals surface area contributed by atoms with Gasteiger partial charge in [-0.05, 0) is 48.9 Å². The van der Waals surface area contributed by atoms with Crippen molar-refractivity contribution < 1.29 is 19.2 Å². The molecule has 0 saturated heterocycles. The van der Waals surface area contributed by atoms with E-state index in [0.717, 1.165) is 5.56 Å². The molecule has 0 aliphatic heterocycles. The maximum atomic E-state index is 12.1. The molecule has 1 heterocycles. The summed E-state index contributed by atoms with van der Waals surface area (Å²) < 4.78 is 10.9. The molecule has 1 amide bonds. The Morgan fingerprint density at radius 2 is 1.97 bits per heavy atom. The van der Waals surface area contributed by atoms with Gasteiger partial charge in [0.15, 0.2) is 18.1 Å². The number of anilines is 2. The standard InChI is InChI=1S/C22H21N5O5/c1-15-5-8-17(9-6-15)25-21(28)14-32-19-10-7-16(12-20(19)31-2)13-24-26-22-18(27(29)30)4-3-11-23-22/h3-13H,14H2,1-2H3,(H,23,26)(H,25,28)/b24-13-. The zero-order valence-corrected chi connectivity index (χ0v) is 17.4. The first-order chi connectivity index (χ1) is 15.5. The van der Waals surface area contributed by atoms with Crippen molar-refractivity contribution in [2.24, 2.45) is 5.10 Å². The second-order valence-corrected chi connectivity index (χ2v) is 6.61. The average molecular weight is 435 g/mol. The highest BCUT2D eigenvalue weighted by Crippen LogP contribution is 2.27. The van der Waals surface area contributed by atoms with E-state index >= 15 is 0 Å². The molecule has 0 aliphatic rings. The van der Waals surface area contributed by atoms with E-state index < -0.39 is 4.92 Å². The molecule has 10 heteroatoms. The fourth-order valence-electron chi connectivity index (χ4n) is 2.66. The molecule has 164 valence electrons. The number of aryl methyl sites for hydroxylation is 1. The van der Waals surface area contributed by atoms with E-state index in [2.05, 4.69) is 20.8 Å². The Bertz CT molecular complexity index is 1130. The Balaban J connectivity index is 1.60. The first-order valence-corrected chi connectivity index (χ1v) is 9.52. The highest BCUT2D eigenvalue weighted by molar-refractivity contribution is 5.92. The van der Waals surface area contributed by atoms with E-state index in [1.807, 2.05) is 31.2 Å². The van der Waals surface area contributed by atoms with E-state index in [1.165, 1.54) is 31.7 Å². The van der Waals surface area contributed by atoms with Gasteiger partial charge in [-0.2, -0.15) is 5.10 Å². The molecule has 32 heavy (non-hydrogen) atoms. The number of amides is 1. The predicted molar refractivity (Wildman–Crippen MR) is 120 cm³/mol. The van der Waals surface area contributed by atoms with Gasteiger partial charge in [-0.25, -0.2) is 4.98 Å². The van der Waals surface area contributed by atoms with Crippen LogP contribution in [-0.4, -0.2) is 35.7 Å². The molecule has 0 unspecified atom stereocenters. The lowest BCUT2D eigenvalue weighted by molar-refractivity contribution is -0.384. The summed E-state index contributed by atoms with van der Waals surface area (Å²) in [6, 6.07) is 15.2. The van der Waals surface area contributed by atoms with Crippen molar-refractivity contribution in [1.82, 2.24) is 4.98 Å². The van der Waals surface area contributed by atoms with E-state index in [9.17, 15) is 14.9 Å². The smallest absolute Gasteiger partial charge is 0.313 e. The molecule has 3 aromatic rings. The highest BCUT2D eigenvalue weighted by atomic mass is 16.6. The molecule has 1 aromatic heterocycles. The molecule has 0 atom stereocenters. The van der Waals surface area contributed by atoms with Crippen LogP contribution in [0.5, 0.6) is 11.5 Å². The lowest BCUT2D eigenvalue weighted by Crippen LogP contribution is -2.20. The molecule has 2 N–H and O–H groups in total. The highest BCUT2D eigenvalue weighted by Gasteiger charge is 2.13. The Morgan fingerprint density at radius 1 is 1.19 bits per heavy atom. The molecule has 0 saturated carbocycles. The number of nitrogens with zero attached hydrogens (tertiary/aromatic N) is 3. The second-order valence-electron chi connectivity index (χ2n) is 6.61. The number of pyridine rings is 1. The van der Waals surface area contributed by atoms with Crippen molar-refractivity contribution in [3.8, 4) is 11.5 Å². The fraction of sp³-hybridized carbons (Fsp3) is 0.136. The van der Waals surface area contributed by atoms with Crippen molar-refractivity contribution in [3.05, 3.63) is 82.0 Å².